The molecule has 1 unspecified atom stereocenters. The summed E-state index contributed by atoms with van der Waals surface area (Å²) < 4.78 is 10.5. The molecule has 0 saturated carbocycles. The molecule has 0 spiro atoms. The molecule has 0 aromatic carbocycles. The molecule has 1 saturated heterocycles. The van der Waals surface area contributed by atoms with Crippen molar-refractivity contribution in [3.8, 4) is 0 Å². The maximum absolute atomic E-state index is 9.89. The van der Waals surface area contributed by atoms with E-state index >= 15 is 0 Å². The third kappa shape index (κ3) is 2.20. The van der Waals surface area contributed by atoms with Crippen LogP contribution in [-0.4, -0.2) is 70.7 Å². The predicted molar refractivity (Wildman–Crippen MR) is 61.2 cm³/mol. The van der Waals surface area contributed by atoms with Crippen LogP contribution in [0, 0.1) is 0 Å². The molecule has 0 radical (unpaired) electrons. The minimum atomic E-state index is -1.17. The Kier molecular flexibility index (Phi) is 3.83. The molecule has 0 amide bonds. The van der Waals surface area contributed by atoms with Crippen molar-refractivity contribution in [2.75, 3.05) is 13.7 Å². The summed E-state index contributed by atoms with van der Waals surface area (Å²) in [6.07, 6.45) is -1.65. The average molecular weight is 259 g/mol. The molecular weight excluding hydrogens is 242 g/mol. The van der Waals surface area contributed by atoms with Gasteiger partial charge in [-0.2, -0.15) is 0 Å². The van der Waals surface area contributed by atoms with Gasteiger partial charge in [0.25, 0.3) is 0 Å². The monoisotopic (exact) mass is 259 g/mol. The molecule has 0 aromatic heterocycles. The Morgan fingerprint density at radius 1 is 1.50 bits per heavy atom. The maximum Gasteiger partial charge on any atom is 0.231 e. The minimum absolute atomic E-state index is 0.296. The van der Waals surface area contributed by atoms with Crippen LogP contribution in [0.5, 0.6) is 0 Å². The summed E-state index contributed by atoms with van der Waals surface area (Å²) in [4.78, 5) is 5.50. The van der Waals surface area contributed by atoms with Crippen LogP contribution in [0.15, 0.2) is 17.3 Å². The van der Waals surface area contributed by atoms with Crippen molar-refractivity contribution >= 4 is 5.84 Å². The van der Waals surface area contributed by atoms with Crippen LogP contribution in [0.25, 0.3) is 0 Å². The Bertz CT molecular complexity index is 361. The molecule has 102 valence electrons. The molecule has 5 N–H and O–H groups in total. The molecule has 2 aliphatic rings. The zero-order valence-corrected chi connectivity index (χ0v) is 9.88. The predicted octanol–water partition coefficient (Wildman–Crippen LogP) is -2.46. The van der Waals surface area contributed by atoms with Crippen LogP contribution in [-0.2, 0) is 9.47 Å². The minimum Gasteiger partial charge on any atom is -0.394 e. The lowest BCUT2D eigenvalue weighted by Crippen LogP contribution is -2.48. The van der Waals surface area contributed by atoms with Crippen LogP contribution >= 0.6 is 0 Å². The molecule has 8 heteroatoms. The first-order chi connectivity index (χ1) is 8.58. The summed E-state index contributed by atoms with van der Waals surface area (Å²) in [5.41, 5.74) is 5.54. The largest absolute Gasteiger partial charge is 0.394 e. The number of aliphatic hydroxyl groups is 3. The third-order valence-electron chi connectivity index (χ3n) is 2.95. The van der Waals surface area contributed by atoms with Gasteiger partial charge in [0.15, 0.2) is 6.23 Å². The van der Waals surface area contributed by atoms with Gasteiger partial charge in [0.1, 0.15) is 24.1 Å². The van der Waals surface area contributed by atoms with Gasteiger partial charge in [-0.05, 0) is 6.08 Å². The molecule has 2 heterocycles. The van der Waals surface area contributed by atoms with E-state index in [1.165, 1.54) is 18.1 Å². The van der Waals surface area contributed by atoms with Crippen LogP contribution in [0.4, 0.5) is 0 Å². The standard InChI is InChI=1S/C10H17N3O5/c1-17-10-12-6(11)2-3-13(10)9-8(16)7(15)5(4-14)18-9/h2-3,5,7-10,14-16H,4H2,1H3,(H2,11,12)/t5-,7-,8-,9-,10?/m1/s1. The molecule has 1 fully saturated rings. The van der Waals surface area contributed by atoms with Crippen LogP contribution in [0.3, 0.4) is 0 Å². The third-order valence-corrected chi connectivity index (χ3v) is 2.95. The van der Waals surface area contributed by atoms with Crippen molar-refractivity contribution < 1.29 is 24.8 Å². The molecule has 2 rings (SSSR count). The molecule has 2 aliphatic heterocycles. The lowest BCUT2D eigenvalue weighted by atomic mass is 10.1. The Hall–Kier alpha value is -1.19. The summed E-state index contributed by atoms with van der Waals surface area (Å²) in [6.45, 7) is -0.380. The number of methoxy groups -OCH3 is 1. The highest BCUT2D eigenvalue weighted by molar-refractivity contribution is 5.91. The van der Waals surface area contributed by atoms with E-state index in [-0.39, 0.29) is 6.61 Å². The molecule has 0 aliphatic carbocycles. The number of aliphatic hydroxyl groups excluding tert-OH is 3. The van der Waals surface area contributed by atoms with E-state index in [1.54, 1.807) is 6.20 Å². The van der Waals surface area contributed by atoms with Gasteiger partial charge < -0.3 is 35.4 Å². The second-order valence-electron chi connectivity index (χ2n) is 4.11. The van der Waals surface area contributed by atoms with Gasteiger partial charge in [0.05, 0.1) is 6.61 Å². The van der Waals surface area contributed by atoms with Crippen LogP contribution in [0.1, 0.15) is 0 Å². The van der Waals surface area contributed by atoms with Gasteiger partial charge in [0, 0.05) is 13.3 Å². The highest BCUT2D eigenvalue weighted by Crippen LogP contribution is 2.27. The van der Waals surface area contributed by atoms with Gasteiger partial charge in [-0.1, -0.05) is 0 Å². The van der Waals surface area contributed by atoms with E-state index in [0.29, 0.717) is 5.84 Å². The number of rotatable bonds is 3. The van der Waals surface area contributed by atoms with Crippen molar-refractivity contribution in [3.05, 3.63) is 12.3 Å². The van der Waals surface area contributed by atoms with Gasteiger partial charge in [-0.3, -0.25) is 0 Å². The number of ether oxygens (including phenoxy) is 2. The summed E-state index contributed by atoms with van der Waals surface area (Å²) in [7, 11) is 1.44. The first-order valence-electron chi connectivity index (χ1n) is 5.52. The number of nitrogens with zero attached hydrogens (tertiary/aromatic N) is 2. The topological polar surface area (TPSA) is 121 Å². The van der Waals surface area contributed by atoms with Crippen molar-refractivity contribution in [1.29, 1.82) is 0 Å². The smallest absolute Gasteiger partial charge is 0.231 e. The van der Waals surface area contributed by atoms with Crippen molar-refractivity contribution in [3.63, 3.8) is 0 Å². The summed E-state index contributed by atoms with van der Waals surface area (Å²) in [5.74, 6) is 0.296. The van der Waals surface area contributed by atoms with E-state index in [0.717, 1.165) is 0 Å². The molecule has 0 bridgehead atoms. The van der Waals surface area contributed by atoms with E-state index in [1.807, 2.05) is 0 Å². The van der Waals surface area contributed by atoms with Gasteiger partial charge >= 0.3 is 0 Å². The van der Waals surface area contributed by atoms with Gasteiger partial charge in [0.2, 0.25) is 6.35 Å². The fourth-order valence-electron chi connectivity index (χ4n) is 1.98. The van der Waals surface area contributed by atoms with Crippen molar-refractivity contribution in [2.24, 2.45) is 10.7 Å². The number of aliphatic imine (C=N–C) groups is 1. The highest BCUT2D eigenvalue weighted by Gasteiger charge is 2.46. The van der Waals surface area contributed by atoms with Gasteiger partial charge in [-0.15, -0.1) is 0 Å². The molecule has 8 nitrogen and oxygen atoms in total. The van der Waals surface area contributed by atoms with Crippen LogP contribution < -0.4 is 5.73 Å². The summed E-state index contributed by atoms with van der Waals surface area (Å²) >= 11 is 0. The van der Waals surface area contributed by atoms with Crippen LogP contribution in [0.2, 0.25) is 0 Å². The zero-order chi connectivity index (χ0) is 13.3. The number of hydrogen-bond donors (Lipinski definition) is 4. The van der Waals surface area contributed by atoms with Gasteiger partial charge in [-0.25, -0.2) is 4.99 Å². The van der Waals surface area contributed by atoms with E-state index < -0.39 is 30.9 Å². The Labute approximate surface area is 104 Å². The fraction of sp³-hybridized carbons (Fsp3) is 0.700. The van der Waals surface area contributed by atoms with Crippen molar-refractivity contribution in [1.82, 2.24) is 4.90 Å². The zero-order valence-electron chi connectivity index (χ0n) is 9.88. The normalized spacial score (nSPS) is 40.1. The second kappa shape index (κ2) is 5.21. The number of hydrogen-bond acceptors (Lipinski definition) is 8. The van der Waals surface area contributed by atoms with E-state index in [2.05, 4.69) is 4.99 Å². The summed E-state index contributed by atoms with van der Waals surface area (Å²) in [5, 5.41) is 28.6. The lowest BCUT2D eigenvalue weighted by Gasteiger charge is -2.34. The molecular formula is C10H17N3O5. The highest BCUT2D eigenvalue weighted by atomic mass is 16.6. The first-order valence-corrected chi connectivity index (χ1v) is 5.52. The second-order valence-corrected chi connectivity index (χ2v) is 4.11. The summed E-state index contributed by atoms with van der Waals surface area (Å²) in [6, 6.07) is 0. The Morgan fingerprint density at radius 2 is 2.22 bits per heavy atom. The lowest BCUT2D eigenvalue weighted by molar-refractivity contribution is -0.139. The number of amidine groups is 1. The average Bonchev–Trinajstić information content (AvgIpc) is 2.66. The molecule has 5 atom stereocenters. The molecule has 18 heavy (non-hydrogen) atoms. The van der Waals surface area contributed by atoms with Crippen molar-refractivity contribution in [2.45, 2.75) is 30.9 Å². The quantitative estimate of drug-likeness (QED) is 0.443. The Morgan fingerprint density at radius 3 is 2.78 bits per heavy atom. The fourth-order valence-corrected chi connectivity index (χ4v) is 1.98. The van der Waals surface area contributed by atoms with E-state index in [9.17, 15) is 10.2 Å². The number of nitrogens with two attached hydrogens (primary N) is 1. The molecule has 0 aromatic rings. The maximum atomic E-state index is 9.89. The first kappa shape index (κ1) is 13.2. The Balaban J connectivity index is 2.15. The van der Waals surface area contributed by atoms with E-state index in [4.69, 9.17) is 20.3 Å². The SMILES string of the molecule is COC1N=C(N)C=CN1[C@@H]1O[C@H](CO)[C@@H](O)[C@H]1O.